The number of esters is 1. The first kappa shape index (κ1) is 15.8. The van der Waals surface area contributed by atoms with E-state index in [0.29, 0.717) is 23.5 Å². The van der Waals surface area contributed by atoms with E-state index < -0.39 is 5.97 Å². The van der Waals surface area contributed by atoms with E-state index >= 15 is 0 Å². The molecule has 0 radical (unpaired) electrons. The number of furan rings is 1. The maximum absolute atomic E-state index is 13.6. The van der Waals surface area contributed by atoms with E-state index in [0.717, 1.165) is 0 Å². The second-order valence-electron chi connectivity index (χ2n) is 4.60. The van der Waals surface area contributed by atoms with Crippen molar-refractivity contribution in [1.82, 2.24) is 5.32 Å². The summed E-state index contributed by atoms with van der Waals surface area (Å²) in [5, 5.41) is 2.44. The maximum atomic E-state index is 13.6. The summed E-state index contributed by atoms with van der Waals surface area (Å²) < 4.78 is 23.6. The highest BCUT2D eigenvalue weighted by Gasteiger charge is 2.11. The molecule has 6 heteroatoms. The third kappa shape index (κ3) is 4.18. The number of ether oxygens (including phenoxy) is 1. The second kappa shape index (κ2) is 7.40. The van der Waals surface area contributed by atoms with Crippen molar-refractivity contribution in [2.75, 3.05) is 13.7 Å². The second-order valence-corrected chi connectivity index (χ2v) is 4.60. The number of halogens is 1. The largest absolute Gasteiger partial charge is 0.468 e. The molecule has 2 aromatic rings. The number of amides is 1. The van der Waals surface area contributed by atoms with E-state index in [-0.39, 0.29) is 24.7 Å². The Kier molecular flexibility index (Phi) is 5.30. The molecule has 0 bridgehead atoms. The topological polar surface area (TPSA) is 68.5 Å². The Morgan fingerprint density at radius 1 is 1.23 bits per heavy atom. The lowest BCUT2D eigenvalue weighted by Gasteiger charge is -2.03. The van der Waals surface area contributed by atoms with Gasteiger partial charge in [0.1, 0.15) is 23.9 Å². The Bertz CT molecular complexity index is 666. The molecule has 22 heavy (non-hydrogen) atoms. The highest BCUT2D eigenvalue weighted by molar-refractivity contribution is 5.81. The molecule has 0 unspecified atom stereocenters. The fourth-order valence-electron chi connectivity index (χ4n) is 1.89. The highest BCUT2D eigenvalue weighted by Crippen LogP contribution is 2.25. The van der Waals surface area contributed by atoms with Crippen molar-refractivity contribution in [2.45, 2.75) is 12.8 Å². The zero-order valence-electron chi connectivity index (χ0n) is 12.1. The predicted octanol–water partition coefficient (Wildman–Crippen LogP) is 2.31. The third-order valence-electron chi connectivity index (χ3n) is 3.06. The van der Waals surface area contributed by atoms with Crippen molar-refractivity contribution >= 4 is 11.9 Å². The van der Waals surface area contributed by atoms with Crippen molar-refractivity contribution in [3.05, 3.63) is 48.0 Å². The van der Waals surface area contributed by atoms with Crippen molar-refractivity contribution in [3.8, 4) is 11.3 Å². The fraction of sp³-hybridized carbons (Fsp3) is 0.250. The van der Waals surface area contributed by atoms with Crippen LogP contribution in [0.25, 0.3) is 11.3 Å². The van der Waals surface area contributed by atoms with Gasteiger partial charge in [0.15, 0.2) is 0 Å². The van der Waals surface area contributed by atoms with Crippen LogP contribution in [0.2, 0.25) is 0 Å². The summed E-state index contributed by atoms with van der Waals surface area (Å²) in [7, 11) is 1.25. The molecule has 1 amide bonds. The predicted molar refractivity (Wildman–Crippen MR) is 77.4 cm³/mol. The smallest absolute Gasteiger partial charge is 0.325 e. The normalized spacial score (nSPS) is 10.3. The van der Waals surface area contributed by atoms with Crippen LogP contribution < -0.4 is 5.32 Å². The molecule has 1 aromatic heterocycles. The van der Waals surface area contributed by atoms with Gasteiger partial charge in [-0.15, -0.1) is 0 Å². The minimum atomic E-state index is -0.506. The monoisotopic (exact) mass is 305 g/mol. The van der Waals surface area contributed by atoms with Gasteiger partial charge in [-0.2, -0.15) is 0 Å². The Morgan fingerprint density at radius 2 is 2.00 bits per heavy atom. The number of rotatable bonds is 6. The van der Waals surface area contributed by atoms with Gasteiger partial charge < -0.3 is 14.5 Å². The van der Waals surface area contributed by atoms with E-state index in [4.69, 9.17) is 4.42 Å². The number of benzene rings is 1. The summed E-state index contributed by atoms with van der Waals surface area (Å²) in [6.45, 7) is -0.159. The van der Waals surface area contributed by atoms with Crippen LogP contribution in [0, 0.1) is 5.82 Å². The van der Waals surface area contributed by atoms with Gasteiger partial charge in [0.25, 0.3) is 0 Å². The summed E-state index contributed by atoms with van der Waals surface area (Å²) >= 11 is 0. The van der Waals surface area contributed by atoms with Gasteiger partial charge in [0.05, 0.1) is 12.7 Å². The van der Waals surface area contributed by atoms with Crippen LogP contribution in [0.3, 0.4) is 0 Å². The van der Waals surface area contributed by atoms with Crippen molar-refractivity contribution in [2.24, 2.45) is 0 Å². The van der Waals surface area contributed by atoms with E-state index in [1.165, 1.54) is 13.2 Å². The molecular weight excluding hydrogens is 289 g/mol. The molecule has 116 valence electrons. The van der Waals surface area contributed by atoms with Crippen molar-refractivity contribution in [3.63, 3.8) is 0 Å². The van der Waals surface area contributed by atoms with Crippen LogP contribution in [0.5, 0.6) is 0 Å². The molecule has 1 aromatic carbocycles. The molecule has 0 aliphatic rings. The van der Waals surface area contributed by atoms with Crippen LogP contribution in [0.4, 0.5) is 4.39 Å². The molecule has 0 saturated carbocycles. The van der Waals surface area contributed by atoms with Gasteiger partial charge in [-0.1, -0.05) is 12.1 Å². The lowest BCUT2D eigenvalue weighted by atomic mass is 10.1. The third-order valence-corrected chi connectivity index (χ3v) is 3.06. The summed E-state index contributed by atoms with van der Waals surface area (Å²) in [4.78, 5) is 22.4. The van der Waals surface area contributed by atoms with E-state index in [1.54, 1.807) is 30.3 Å². The number of carbonyl (C=O) groups is 2. The summed E-state index contributed by atoms with van der Waals surface area (Å²) in [6.07, 6.45) is 0.530. The Hall–Kier alpha value is -2.63. The number of nitrogens with one attached hydrogen (secondary N) is 1. The van der Waals surface area contributed by atoms with Gasteiger partial charge in [-0.3, -0.25) is 9.59 Å². The minimum absolute atomic E-state index is 0.159. The van der Waals surface area contributed by atoms with Crippen LogP contribution in [-0.2, 0) is 20.7 Å². The lowest BCUT2D eigenvalue weighted by molar-refractivity contribution is -0.141. The molecule has 5 nitrogen and oxygen atoms in total. The number of hydrogen-bond acceptors (Lipinski definition) is 4. The van der Waals surface area contributed by atoms with Crippen LogP contribution >= 0.6 is 0 Å². The van der Waals surface area contributed by atoms with Gasteiger partial charge in [0.2, 0.25) is 5.91 Å². The molecule has 0 aliphatic heterocycles. The number of hydrogen-bond donors (Lipinski definition) is 1. The molecule has 0 fully saturated rings. The van der Waals surface area contributed by atoms with Gasteiger partial charge in [0, 0.05) is 12.8 Å². The van der Waals surface area contributed by atoms with Crippen molar-refractivity contribution < 1.29 is 23.1 Å². The Morgan fingerprint density at radius 3 is 2.73 bits per heavy atom. The summed E-state index contributed by atoms with van der Waals surface area (Å²) in [6, 6.07) is 9.68. The maximum Gasteiger partial charge on any atom is 0.325 e. The molecule has 0 spiro atoms. The first-order chi connectivity index (χ1) is 10.6. The van der Waals surface area contributed by atoms with E-state index in [1.807, 2.05) is 0 Å². The van der Waals surface area contributed by atoms with Gasteiger partial charge in [-0.25, -0.2) is 4.39 Å². The zero-order chi connectivity index (χ0) is 15.9. The highest BCUT2D eigenvalue weighted by atomic mass is 19.1. The summed E-state index contributed by atoms with van der Waals surface area (Å²) in [5.74, 6) is -0.156. The first-order valence-electron chi connectivity index (χ1n) is 6.77. The average Bonchev–Trinajstić information content (AvgIpc) is 2.99. The van der Waals surface area contributed by atoms with Gasteiger partial charge in [-0.05, 0) is 24.3 Å². The van der Waals surface area contributed by atoms with Crippen LogP contribution in [0.1, 0.15) is 12.2 Å². The summed E-state index contributed by atoms with van der Waals surface area (Å²) in [5.41, 5.74) is 0.379. The number of aryl methyl sites for hydroxylation is 1. The molecule has 0 saturated heterocycles. The van der Waals surface area contributed by atoms with Crippen LogP contribution in [0.15, 0.2) is 40.8 Å². The molecule has 1 N–H and O–H groups in total. The zero-order valence-corrected chi connectivity index (χ0v) is 12.1. The fourth-order valence-corrected chi connectivity index (χ4v) is 1.89. The molecule has 0 atom stereocenters. The van der Waals surface area contributed by atoms with E-state index in [9.17, 15) is 14.0 Å². The van der Waals surface area contributed by atoms with Crippen LogP contribution in [-0.4, -0.2) is 25.5 Å². The lowest BCUT2D eigenvalue weighted by Crippen LogP contribution is -2.30. The molecule has 2 rings (SSSR count). The SMILES string of the molecule is COC(=O)CNC(=O)CCc1ccc(-c2ccccc2F)o1. The van der Waals surface area contributed by atoms with E-state index in [2.05, 4.69) is 10.1 Å². The van der Waals surface area contributed by atoms with Crippen molar-refractivity contribution in [1.29, 1.82) is 0 Å². The average molecular weight is 305 g/mol. The molecular formula is C16H16FNO4. The number of carbonyl (C=O) groups excluding carboxylic acids is 2. The minimum Gasteiger partial charge on any atom is -0.468 e. The number of methoxy groups -OCH3 is 1. The van der Waals surface area contributed by atoms with Gasteiger partial charge >= 0.3 is 5.97 Å². The quantitative estimate of drug-likeness (QED) is 0.832. The first-order valence-corrected chi connectivity index (χ1v) is 6.77. The Labute approximate surface area is 127 Å². The molecule has 1 heterocycles. The molecule has 0 aliphatic carbocycles. The standard InChI is InChI=1S/C16H16FNO4/c1-21-16(20)10-18-15(19)9-7-11-6-8-14(22-11)12-4-2-3-5-13(12)17/h2-6,8H,7,9-10H2,1H3,(H,18,19). The Balaban J connectivity index is 1.89.